The number of nitrogens with one attached hydrogen (secondary N) is 1. The van der Waals surface area contributed by atoms with Crippen molar-refractivity contribution in [2.75, 3.05) is 36.5 Å². The van der Waals surface area contributed by atoms with E-state index in [0.717, 1.165) is 30.7 Å². The minimum absolute atomic E-state index is 0.123. The van der Waals surface area contributed by atoms with Crippen LogP contribution in [0.4, 0.5) is 11.6 Å². The number of halogens is 1. The Balaban J connectivity index is 1.68. The van der Waals surface area contributed by atoms with Crippen molar-refractivity contribution >= 4 is 40.9 Å². The third-order valence-electron chi connectivity index (χ3n) is 4.09. The van der Waals surface area contributed by atoms with Crippen LogP contribution in [-0.4, -0.2) is 52.2 Å². The Kier molecular flexibility index (Phi) is 6.39. The second-order valence-electron chi connectivity index (χ2n) is 5.86. The summed E-state index contributed by atoms with van der Waals surface area (Å²) in [5, 5.41) is 12.4. The van der Waals surface area contributed by atoms with Crippen LogP contribution >= 0.6 is 23.4 Å². The maximum absolute atomic E-state index is 12.5. The summed E-state index contributed by atoms with van der Waals surface area (Å²) < 4.78 is 7.43. The average Bonchev–Trinajstić information content (AvgIpc) is 3.06. The molecule has 1 aliphatic rings. The lowest BCUT2D eigenvalue weighted by molar-refractivity contribution is -0.115. The summed E-state index contributed by atoms with van der Waals surface area (Å²) in [6.45, 7) is 7.61. The van der Waals surface area contributed by atoms with Gasteiger partial charge in [0.15, 0.2) is 5.16 Å². The number of rotatable bonds is 6. The van der Waals surface area contributed by atoms with Crippen molar-refractivity contribution in [2.24, 2.45) is 0 Å². The molecular formula is C17H22ClN5O2S. The van der Waals surface area contributed by atoms with Crippen LogP contribution in [0.25, 0.3) is 0 Å². The molecule has 2 aromatic rings. The molecule has 1 N–H and O–H groups in total. The molecule has 9 heteroatoms. The lowest BCUT2D eigenvalue weighted by atomic mass is 10.3. The molecule has 3 rings (SSSR count). The van der Waals surface area contributed by atoms with Crippen LogP contribution in [0, 0.1) is 0 Å². The molecule has 1 aromatic carbocycles. The van der Waals surface area contributed by atoms with Gasteiger partial charge in [-0.15, -0.1) is 10.2 Å². The smallest absolute Gasteiger partial charge is 0.237 e. The number of morpholine rings is 1. The highest BCUT2D eigenvalue weighted by molar-refractivity contribution is 8.00. The number of ether oxygens (including phenoxy) is 1. The molecule has 7 nitrogen and oxygen atoms in total. The molecule has 140 valence electrons. The maximum Gasteiger partial charge on any atom is 0.237 e. The van der Waals surface area contributed by atoms with Crippen LogP contribution in [0.3, 0.4) is 0 Å². The molecule has 1 aromatic heterocycles. The monoisotopic (exact) mass is 395 g/mol. The predicted molar refractivity (Wildman–Crippen MR) is 104 cm³/mol. The van der Waals surface area contributed by atoms with Gasteiger partial charge in [-0.2, -0.15) is 0 Å². The van der Waals surface area contributed by atoms with Crippen LogP contribution in [0.5, 0.6) is 0 Å². The third kappa shape index (κ3) is 4.31. The summed E-state index contributed by atoms with van der Waals surface area (Å²) in [6.07, 6.45) is 0. The molecule has 1 saturated heterocycles. The zero-order valence-electron chi connectivity index (χ0n) is 14.8. The van der Waals surface area contributed by atoms with Gasteiger partial charge in [0.2, 0.25) is 11.9 Å². The summed E-state index contributed by atoms with van der Waals surface area (Å²) in [5.74, 6) is 0.707. The molecule has 1 atom stereocenters. The van der Waals surface area contributed by atoms with Gasteiger partial charge < -0.3 is 15.0 Å². The molecule has 0 aliphatic carbocycles. The largest absolute Gasteiger partial charge is 0.378 e. The van der Waals surface area contributed by atoms with E-state index in [2.05, 4.69) is 20.4 Å². The lowest BCUT2D eigenvalue weighted by Crippen LogP contribution is -2.38. The van der Waals surface area contributed by atoms with Crippen LogP contribution in [-0.2, 0) is 16.1 Å². The van der Waals surface area contributed by atoms with Gasteiger partial charge in [-0.25, -0.2) is 0 Å². The number of para-hydroxylation sites is 1. The molecule has 1 aliphatic heterocycles. The highest BCUT2D eigenvalue weighted by atomic mass is 35.5. The molecule has 0 spiro atoms. The van der Waals surface area contributed by atoms with Gasteiger partial charge in [0.05, 0.1) is 29.2 Å². The van der Waals surface area contributed by atoms with Crippen molar-refractivity contribution in [1.82, 2.24) is 14.8 Å². The van der Waals surface area contributed by atoms with Crippen molar-refractivity contribution in [3.05, 3.63) is 29.3 Å². The number of amides is 1. The number of benzene rings is 1. The van der Waals surface area contributed by atoms with Gasteiger partial charge in [0.1, 0.15) is 0 Å². The third-order valence-corrected chi connectivity index (χ3v) is 5.50. The van der Waals surface area contributed by atoms with Crippen molar-refractivity contribution in [3.63, 3.8) is 0 Å². The summed E-state index contributed by atoms with van der Waals surface area (Å²) in [7, 11) is 0. The molecule has 2 heterocycles. The normalized spacial score (nSPS) is 15.7. The number of hydrogen-bond donors (Lipinski definition) is 1. The van der Waals surface area contributed by atoms with Crippen LogP contribution in [0.1, 0.15) is 13.8 Å². The predicted octanol–water partition coefficient (Wildman–Crippen LogP) is 2.91. The van der Waals surface area contributed by atoms with E-state index in [1.54, 1.807) is 12.1 Å². The Morgan fingerprint density at radius 3 is 2.77 bits per heavy atom. The first-order chi connectivity index (χ1) is 12.6. The Morgan fingerprint density at radius 2 is 2.08 bits per heavy atom. The molecule has 0 bridgehead atoms. The van der Waals surface area contributed by atoms with E-state index in [1.165, 1.54) is 11.8 Å². The minimum atomic E-state index is -0.335. The number of hydrogen-bond acceptors (Lipinski definition) is 6. The fraction of sp³-hybridized carbons (Fsp3) is 0.471. The van der Waals surface area contributed by atoms with E-state index >= 15 is 0 Å². The highest BCUT2D eigenvalue weighted by Crippen LogP contribution is 2.27. The van der Waals surface area contributed by atoms with Crippen LogP contribution < -0.4 is 10.2 Å². The quantitative estimate of drug-likeness (QED) is 0.758. The number of carbonyl (C=O) groups is 1. The number of aromatic nitrogens is 3. The summed E-state index contributed by atoms with van der Waals surface area (Å²) in [5.41, 5.74) is 0.609. The first kappa shape index (κ1) is 19.0. The Bertz CT molecular complexity index is 763. The highest BCUT2D eigenvalue weighted by Gasteiger charge is 2.23. The maximum atomic E-state index is 12.5. The fourth-order valence-corrected chi connectivity index (χ4v) is 3.74. The van der Waals surface area contributed by atoms with Gasteiger partial charge >= 0.3 is 0 Å². The van der Waals surface area contributed by atoms with E-state index in [4.69, 9.17) is 16.3 Å². The van der Waals surface area contributed by atoms with Gasteiger partial charge in [-0.3, -0.25) is 9.36 Å². The summed E-state index contributed by atoms with van der Waals surface area (Å²) in [4.78, 5) is 14.7. The van der Waals surface area contributed by atoms with Crippen molar-refractivity contribution in [3.8, 4) is 0 Å². The van der Waals surface area contributed by atoms with Gasteiger partial charge in [-0.1, -0.05) is 35.5 Å². The van der Waals surface area contributed by atoms with E-state index in [0.29, 0.717) is 23.9 Å². The Hall–Kier alpha value is -1.77. The van der Waals surface area contributed by atoms with E-state index in [1.807, 2.05) is 30.5 Å². The molecule has 1 amide bonds. The lowest BCUT2D eigenvalue weighted by Gasteiger charge is -2.27. The number of nitrogens with zero attached hydrogens (tertiary/aromatic N) is 4. The standard InChI is InChI=1S/C17H22ClN5O2S/c1-3-23-16(22-8-10-25-11-9-22)20-21-17(23)26-12(2)15(24)19-14-7-5-4-6-13(14)18/h4-7,12H,3,8-11H2,1-2H3,(H,19,24). The first-order valence-electron chi connectivity index (χ1n) is 8.58. The van der Waals surface area contributed by atoms with Crippen molar-refractivity contribution in [2.45, 2.75) is 30.8 Å². The fourth-order valence-electron chi connectivity index (χ4n) is 2.65. The minimum Gasteiger partial charge on any atom is -0.378 e. The number of carbonyl (C=O) groups excluding carboxylic acids is 1. The SMILES string of the molecule is CCn1c(SC(C)C(=O)Nc2ccccc2Cl)nnc1N1CCOCC1. The molecule has 1 fully saturated rings. The second kappa shape index (κ2) is 8.75. The zero-order chi connectivity index (χ0) is 18.5. The van der Waals surface area contributed by atoms with Gasteiger partial charge in [0.25, 0.3) is 0 Å². The number of anilines is 2. The summed E-state index contributed by atoms with van der Waals surface area (Å²) >= 11 is 7.50. The zero-order valence-corrected chi connectivity index (χ0v) is 16.4. The summed E-state index contributed by atoms with van der Waals surface area (Å²) in [6, 6.07) is 7.19. The molecule has 0 saturated carbocycles. The average molecular weight is 396 g/mol. The second-order valence-corrected chi connectivity index (χ2v) is 7.57. The van der Waals surface area contributed by atoms with Gasteiger partial charge in [-0.05, 0) is 26.0 Å². The first-order valence-corrected chi connectivity index (χ1v) is 9.84. The molecule has 0 radical (unpaired) electrons. The van der Waals surface area contributed by atoms with Crippen molar-refractivity contribution in [1.29, 1.82) is 0 Å². The number of thioether (sulfide) groups is 1. The Morgan fingerprint density at radius 1 is 1.35 bits per heavy atom. The molecule has 1 unspecified atom stereocenters. The van der Waals surface area contributed by atoms with Gasteiger partial charge in [0, 0.05) is 19.6 Å². The van der Waals surface area contributed by atoms with Crippen LogP contribution in [0.2, 0.25) is 5.02 Å². The van der Waals surface area contributed by atoms with E-state index in [9.17, 15) is 4.79 Å². The molecule has 26 heavy (non-hydrogen) atoms. The van der Waals surface area contributed by atoms with E-state index < -0.39 is 0 Å². The van der Waals surface area contributed by atoms with Crippen LogP contribution in [0.15, 0.2) is 29.4 Å². The molecular weight excluding hydrogens is 374 g/mol. The van der Waals surface area contributed by atoms with Crippen molar-refractivity contribution < 1.29 is 9.53 Å². The topological polar surface area (TPSA) is 72.3 Å². The Labute approximate surface area is 162 Å². The van der Waals surface area contributed by atoms with E-state index in [-0.39, 0.29) is 11.2 Å².